The highest BCUT2D eigenvalue weighted by Gasteiger charge is 2.23. The Kier molecular flexibility index (Phi) is 34.1. The number of rotatable bonds is 35. The Labute approximate surface area is 335 Å². The van der Waals surface area contributed by atoms with Gasteiger partial charge in [-0.15, -0.1) is 0 Å². The number of allylic oxidation sites excluding steroid dienone is 14. The summed E-state index contributed by atoms with van der Waals surface area (Å²) in [5, 5.41) is 24.0. The molecule has 1 amide bonds. The molecule has 55 heavy (non-hydrogen) atoms. The second kappa shape index (κ2) is 35.8. The molecule has 0 aliphatic heterocycles. The van der Waals surface area contributed by atoms with Crippen LogP contribution >= 0.6 is 7.82 Å². The molecular weight excluding hydrogens is 711 g/mol. The quantitative estimate of drug-likeness (QED) is 0.0192. The minimum absolute atomic E-state index is 0.0197. The molecule has 0 radical (unpaired) electrons. The van der Waals surface area contributed by atoms with Crippen molar-refractivity contribution in [2.24, 2.45) is 0 Å². The van der Waals surface area contributed by atoms with Crippen molar-refractivity contribution in [3.8, 4) is 0 Å². The highest BCUT2D eigenvalue weighted by molar-refractivity contribution is 7.45. The van der Waals surface area contributed by atoms with E-state index in [0.29, 0.717) is 11.0 Å². The molecule has 0 saturated heterocycles. The summed E-state index contributed by atoms with van der Waals surface area (Å²) in [6.45, 7) is 4.24. The molecule has 4 atom stereocenters. The number of carbonyl (C=O) groups excluding carboxylic acids is 1. The van der Waals surface area contributed by atoms with Gasteiger partial charge < -0.3 is 34.0 Å². The van der Waals surface area contributed by atoms with Crippen molar-refractivity contribution in [2.45, 2.75) is 141 Å². The van der Waals surface area contributed by atoms with Crippen LogP contribution in [0.5, 0.6) is 0 Å². The first kappa shape index (κ1) is 52.4. The zero-order chi connectivity index (χ0) is 40.9. The number of hydrogen-bond acceptors (Lipinski definition) is 7. The first-order valence-electron chi connectivity index (χ1n) is 20.7. The number of nitrogens with one attached hydrogen (secondary N) is 1. The summed E-state index contributed by atoms with van der Waals surface area (Å²) in [5.74, 6) is -0.434. The standard InChI is InChI=1S/C45H77N2O7P/c1-6-8-10-12-14-16-18-20-21-22-24-25-27-29-31-33-35-42(48)37-38-45(50)46-43(41-54-55(51,52)53-40-39-47(3,4)5)44(49)36-34-32-30-28-26-23-19-17-15-13-11-9-7-2/h8,10-11,13-14,16,20-21,24-25,29,31,33-36,42-44,48-49H,6-7,9,12,15,17-19,22-23,26-28,30,32,37-41H2,1-5H3,(H-,46,50,51,52)/b10-8-,13-11-,16-14-,21-20-,25-24-,31-29-,35-33-,36-34+/t42?,43-,44+/m0/s1. The fourth-order valence-electron chi connectivity index (χ4n) is 5.02. The van der Waals surface area contributed by atoms with E-state index in [1.165, 1.54) is 25.7 Å². The van der Waals surface area contributed by atoms with Gasteiger partial charge in [-0.25, -0.2) is 0 Å². The van der Waals surface area contributed by atoms with Gasteiger partial charge in [-0.2, -0.15) is 0 Å². The second-order valence-electron chi connectivity index (χ2n) is 14.8. The zero-order valence-electron chi connectivity index (χ0n) is 34.9. The number of phosphoric acid groups is 1. The summed E-state index contributed by atoms with van der Waals surface area (Å²) >= 11 is 0. The molecule has 2 unspecified atom stereocenters. The molecule has 0 bridgehead atoms. The molecule has 0 saturated carbocycles. The predicted molar refractivity (Wildman–Crippen MR) is 229 cm³/mol. The number of carbonyl (C=O) groups is 1. The molecule has 9 nitrogen and oxygen atoms in total. The van der Waals surface area contributed by atoms with Crippen molar-refractivity contribution in [2.75, 3.05) is 40.9 Å². The summed E-state index contributed by atoms with van der Waals surface area (Å²) in [4.78, 5) is 25.3. The molecule has 0 aromatic rings. The van der Waals surface area contributed by atoms with Crippen LogP contribution in [-0.4, -0.2) is 79.8 Å². The predicted octanol–water partition coefficient (Wildman–Crippen LogP) is 9.52. The van der Waals surface area contributed by atoms with E-state index in [4.69, 9.17) is 9.05 Å². The molecule has 3 N–H and O–H groups in total. The van der Waals surface area contributed by atoms with Crippen LogP contribution in [0.3, 0.4) is 0 Å². The van der Waals surface area contributed by atoms with E-state index in [-0.39, 0.29) is 19.4 Å². The summed E-state index contributed by atoms with van der Waals surface area (Å²) < 4.78 is 23.0. The SMILES string of the molecule is CC/C=C\C/C=C\C/C=C\C/C=C\C/C=C\C=C/C(O)CCC(=O)N[C@@H](COP(=O)([O-])OCC[N+](C)(C)C)[C@H](O)/C=C/CCCCCCCC/C=C\CCC. The van der Waals surface area contributed by atoms with Gasteiger partial charge in [0.05, 0.1) is 46.0 Å². The van der Waals surface area contributed by atoms with Crippen LogP contribution in [-0.2, 0) is 18.4 Å². The highest BCUT2D eigenvalue weighted by Crippen LogP contribution is 2.38. The van der Waals surface area contributed by atoms with E-state index in [2.05, 4.69) is 79.9 Å². The molecule has 0 heterocycles. The number of aliphatic hydroxyl groups excluding tert-OH is 2. The van der Waals surface area contributed by atoms with Crippen molar-refractivity contribution in [3.63, 3.8) is 0 Å². The number of aliphatic hydroxyl groups is 2. The molecule has 0 aliphatic carbocycles. The third-order valence-corrected chi connectivity index (χ3v) is 9.33. The number of quaternary nitrogens is 1. The van der Waals surface area contributed by atoms with Gasteiger partial charge in [-0.1, -0.05) is 143 Å². The Morgan fingerprint density at radius 2 is 1.25 bits per heavy atom. The van der Waals surface area contributed by atoms with Crippen LogP contribution < -0.4 is 10.2 Å². The van der Waals surface area contributed by atoms with E-state index in [1.54, 1.807) is 18.2 Å². The van der Waals surface area contributed by atoms with Gasteiger partial charge in [0.1, 0.15) is 13.2 Å². The van der Waals surface area contributed by atoms with Gasteiger partial charge in [0, 0.05) is 6.42 Å². The summed E-state index contributed by atoms with van der Waals surface area (Å²) in [6, 6.07) is -1.02. The Bertz CT molecular complexity index is 1230. The number of unbranched alkanes of at least 4 members (excludes halogenated alkanes) is 8. The average molecular weight is 789 g/mol. The fourth-order valence-corrected chi connectivity index (χ4v) is 5.75. The largest absolute Gasteiger partial charge is 0.756 e. The van der Waals surface area contributed by atoms with Crippen molar-refractivity contribution in [1.82, 2.24) is 5.32 Å². The first-order valence-corrected chi connectivity index (χ1v) is 22.2. The van der Waals surface area contributed by atoms with Crippen molar-refractivity contribution < 1.29 is 38.0 Å². The lowest BCUT2D eigenvalue weighted by molar-refractivity contribution is -0.870. The van der Waals surface area contributed by atoms with E-state index in [9.17, 15) is 24.5 Å². The smallest absolute Gasteiger partial charge is 0.268 e. The lowest BCUT2D eigenvalue weighted by atomic mass is 10.1. The molecule has 0 fully saturated rings. The molecule has 0 rings (SSSR count). The highest BCUT2D eigenvalue weighted by atomic mass is 31.2. The number of hydrogen-bond donors (Lipinski definition) is 3. The summed E-state index contributed by atoms with van der Waals surface area (Å²) in [7, 11) is 1.09. The molecule has 0 spiro atoms. The van der Waals surface area contributed by atoms with E-state index in [1.807, 2.05) is 39.4 Å². The minimum atomic E-state index is -4.66. The topological polar surface area (TPSA) is 128 Å². The van der Waals surface area contributed by atoms with E-state index in [0.717, 1.165) is 70.6 Å². The van der Waals surface area contributed by atoms with Crippen LogP contribution in [0.15, 0.2) is 97.2 Å². The molecule has 0 aromatic carbocycles. The van der Waals surface area contributed by atoms with Gasteiger partial charge in [0.2, 0.25) is 5.91 Å². The lowest BCUT2D eigenvalue weighted by Gasteiger charge is -2.29. The first-order chi connectivity index (χ1) is 26.4. The Hall–Kier alpha value is -2.62. The number of nitrogens with zero attached hydrogens (tertiary/aromatic N) is 1. The fraction of sp³-hybridized carbons (Fsp3) is 0.622. The van der Waals surface area contributed by atoms with Crippen LogP contribution in [0.1, 0.15) is 123 Å². The maximum absolute atomic E-state index is 12.8. The van der Waals surface area contributed by atoms with Crippen LogP contribution in [0.4, 0.5) is 0 Å². The molecular formula is C45H77N2O7P. The number of amides is 1. The monoisotopic (exact) mass is 789 g/mol. The van der Waals surface area contributed by atoms with E-state index < -0.39 is 38.6 Å². The van der Waals surface area contributed by atoms with E-state index >= 15 is 0 Å². The molecule has 0 aromatic heterocycles. The van der Waals surface area contributed by atoms with Crippen molar-refractivity contribution >= 4 is 13.7 Å². The minimum Gasteiger partial charge on any atom is -0.756 e. The van der Waals surface area contributed by atoms with Gasteiger partial charge in [-0.3, -0.25) is 9.36 Å². The number of phosphoric ester groups is 1. The Morgan fingerprint density at radius 1 is 0.709 bits per heavy atom. The van der Waals surface area contributed by atoms with Crippen molar-refractivity contribution in [3.05, 3.63) is 97.2 Å². The number of likely N-dealkylation sites (N-methyl/N-ethyl adjacent to an activating group) is 1. The Balaban J connectivity index is 4.77. The molecule has 314 valence electrons. The average Bonchev–Trinajstić information content (AvgIpc) is 3.13. The summed E-state index contributed by atoms with van der Waals surface area (Å²) in [6.07, 6.45) is 46.3. The molecule has 0 aliphatic rings. The summed E-state index contributed by atoms with van der Waals surface area (Å²) in [5.41, 5.74) is 0. The van der Waals surface area contributed by atoms with Crippen molar-refractivity contribution in [1.29, 1.82) is 0 Å². The third kappa shape index (κ3) is 38.1. The van der Waals surface area contributed by atoms with Crippen LogP contribution in [0.25, 0.3) is 0 Å². The van der Waals surface area contributed by atoms with Crippen LogP contribution in [0.2, 0.25) is 0 Å². The normalized spacial score (nSPS) is 16.0. The van der Waals surface area contributed by atoms with Gasteiger partial charge in [0.15, 0.2) is 0 Å². The molecule has 10 heteroatoms. The van der Waals surface area contributed by atoms with Gasteiger partial charge in [-0.05, 0) is 70.6 Å². The maximum atomic E-state index is 12.8. The third-order valence-electron chi connectivity index (χ3n) is 8.37. The lowest BCUT2D eigenvalue weighted by Crippen LogP contribution is -2.46. The van der Waals surface area contributed by atoms with Gasteiger partial charge in [0.25, 0.3) is 7.82 Å². The maximum Gasteiger partial charge on any atom is 0.268 e. The Morgan fingerprint density at radius 3 is 1.84 bits per heavy atom. The zero-order valence-corrected chi connectivity index (χ0v) is 35.8. The second-order valence-corrected chi connectivity index (χ2v) is 16.2. The van der Waals surface area contributed by atoms with Crippen LogP contribution in [0, 0.1) is 0 Å². The van der Waals surface area contributed by atoms with Gasteiger partial charge >= 0.3 is 0 Å².